The zero-order chi connectivity index (χ0) is 21.9. The molecule has 3 heterocycles. The first kappa shape index (κ1) is 23.5. The number of amides is 1. The number of nitrogens with zero attached hydrogens (tertiary/aromatic N) is 3. The minimum atomic E-state index is -0.344. The molecule has 0 radical (unpaired) electrons. The van der Waals surface area contributed by atoms with Gasteiger partial charge >= 0.3 is 5.97 Å². The Labute approximate surface area is 185 Å². The predicted molar refractivity (Wildman–Crippen MR) is 119 cm³/mol. The van der Waals surface area contributed by atoms with Gasteiger partial charge in [-0.2, -0.15) is 0 Å². The number of anilines is 1. The standard InChI is InChI=1S/C23H36N4O4/c1-30-15-6-16-31-22(29)18-27-14-13-26(17-21(27)28)12-4-2-3-8-20-10-9-19-7-5-11-24-23(19)25-20/h9-10H,2-8,11-18H2,1H3,(H,24,25). The molecule has 1 aromatic rings. The van der Waals surface area contributed by atoms with Crippen LogP contribution >= 0.6 is 0 Å². The van der Waals surface area contributed by atoms with Crippen molar-refractivity contribution in [3.8, 4) is 0 Å². The molecule has 0 saturated carbocycles. The normalized spacial score (nSPS) is 16.7. The number of aromatic nitrogens is 1. The molecular formula is C23H36N4O4. The first-order valence-corrected chi connectivity index (χ1v) is 11.5. The number of rotatable bonds is 12. The molecular weight excluding hydrogens is 396 g/mol. The average molecular weight is 433 g/mol. The van der Waals surface area contributed by atoms with Gasteiger partial charge in [0, 0.05) is 45.5 Å². The van der Waals surface area contributed by atoms with Crippen molar-refractivity contribution in [2.24, 2.45) is 0 Å². The van der Waals surface area contributed by atoms with E-state index in [9.17, 15) is 9.59 Å². The lowest BCUT2D eigenvalue weighted by Gasteiger charge is -2.33. The first-order chi connectivity index (χ1) is 15.2. The van der Waals surface area contributed by atoms with Crippen molar-refractivity contribution < 1.29 is 19.1 Å². The molecule has 0 aromatic carbocycles. The molecule has 31 heavy (non-hydrogen) atoms. The van der Waals surface area contributed by atoms with E-state index in [1.54, 1.807) is 12.0 Å². The maximum absolute atomic E-state index is 12.4. The molecule has 1 fully saturated rings. The molecule has 8 heteroatoms. The van der Waals surface area contributed by atoms with Crippen molar-refractivity contribution in [1.29, 1.82) is 0 Å². The lowest BCUT2D eigenvalue weighted by Crippen LogP contribution is -2.52. The number of aryl methyl sites for hydroxylation is 2. The third-order valence-corrected chi connectivity index (χ3v) is 5.83. The second-order valence-corrected chi connectivity index (χ2v) is 8.31. The lowest BCUT2D eigenvalue weighted by atomic mass is 10.1. The summed E-state index contributed by atoms with van der Waals surface area (Å²) >= 11 is 0. The molecule has 1 aromatic heterocycles. The Bertz CT molecular complexity index is 728. The quantitative estimate of drug-likeness (QED) is 0.399. The second kappa shape index (κ2) is 12.6. The van der Waals surface area contributed by atoms with Crippen LogP contribution in [0.3, 0.4) is 0 Å². The summed E-state index contributed by atoms with van der Waals surface area (Å²) < 4.78 is 10.1. The molecule has 8 nitrogen and oxygen atoms in total. The lowest BCUT2D eigenvalue weighted by molar-refractivity contribution is -0.151. The minimum Gasteiger partial charge on any atom is -0.464 e. The van der Waals surface area contributed by atoms with Gasteiger partial charge in [0.05, 0.1) is 13.2 Å². The van der Waals surface area contributed by atoms with Gasteiger partial charge in [-0.1, -0.05) is 12.5 Å². The zero-order valence-electron chi connectivity index (χ0n) is 18.7. The van der Waals surface area contributed by atoms with Crippen molar-refractivity contribution in [2.75, 3.05) is 64.9 Å². The van der Waals surface area contributed by atoms with Gasteiger partial charge in [-0.25, -0.2) is 4.98 Å². The van der Waals surface area contributed by atoms with E-state index in [-0.39, 0.29) is 18.4 Å². The molecule has 0 aliphatic carbocycles. The number of carbonyl (C=O) groups is 2. The smallest absolute Gasteiger partial charge is 0.325 e. The largest absolute Gasteiger partial charge is 0.464 e. The van der Waals surface area contributed by atoms with Gasteiger partial charge in [-0.3, -0.25) is 14.5 Å². The van der Waals surface area contributed by atoms with Crippen molar-refractivity contribution in [1.82, 2.24) is 14.8 Å². The van der Waals surface area contributed by atoms with Gasteiger partial charge in [-0.05, 0) is 50.3 Å². The van der Waals surface area contributed by atoms with E-state index in [1.807, 2.05) is 0 Å². The van der Waals surface area contributed by atoms with Crippen LogP contribution in [0.25, 0.3) is 0 Å². The van der Waals surface area contributed by atoms with Crippen molar-refractivity contribution >= 4 is 17.7 Å². The van der Waals surface area contributed by atoms with Crippen LogP contribution in [0.5, 0.6) is 0 Å². The number of piperazine rings is 1. The fourth-order valence-corrected chi connectivity index (χ4v) is 4.03. The first-order valence-electron chi connectivity index (χ1n) is 11.5. The summed E-state index contributed by atoms with van der Waals surface area (Å²) in [5.74, 6) is 0.730. The Balaban J connectivity index is 1.27. The van der Waals surface area contributed by atoms with E-state index in [4.69, 9.17) is 14.5 Å². The van der Waals surface area contributed by atoms with Crippen LogP contribution in [0.2, 0.25) is 0 Å². The molecule has 0 atom stereocenters. The predicted octanol–water partition coefficient (Wildman–Crippen LogP) is 1.88. The number of esters is 1. The van der Waals surface area contributed by atoms with E-state index in [0.717, 1.165) is 63.3 Å². The van der Waals surface area contributed by atoms with Gasteiger partial charge in [-0.15, -0.1) is 0 Å². The maximum Gasteiger partial charge on any atom is 0.325 e. The van der Waals surface area contributed by atoms with E-state index < -0.39 is 0 Å². The van der Waals surface area contributed by atoms with E-state index in [2.05, 4.69) is 22.3 Å². The summed E-state index contributed by atoms with van der Waals surface area (Å²) in [5.41, 5.74) is 2.49. The number of fused-ring (bicyclic) bond motifs is 1. The van der Waals surface area contributed by atoms with Crippen LogP contribution in [-0.2, 0) is 31.9 Å². The van der Waals surface area contributed by atoms with E-state index >= 15 is 0 Å². The van der Waals surface area contributed by atoms with Crippen LogP contribution in [0, 0.1) is 0 Å². The van der Waals surface area contributed by atoms with Crippen LogP contribution < -0.4 is 5.32 Å². The summed E-state index contributed by atoms with van der Waals surface area (Å²) in [6.07, 6.45) is 7.26. The molecule has 2 aliphatic heterocycles. The van der Waals surface area contributed by atoms with Gasteiger partial charge in [0.15, 0.2) is 0 Å². The van der Waals surface area contributed by atoms with Crippen molar-refractivity contribution in [3.63, 3.8) is 0 Å². The van der Waals surface area contributed by atoms with Gasteiger partial charge in [0.1, 0.15) is 12.4 Å². The zero-order valence-corrected chi connectivity index (χ0v) is 18.7. The Morgan fingerprint density at radius 1 is 1.16 bits per heavy atom. The molecule has 0 bridgehead atoms. The van der Waals surface area contributed by atoms with E-state index in [1.165, 1.54) is 12.0 Å². The number of ether oxygens (including phenoxy) is 2. The summed E-state index contributed by atoms with van der Waals surface area (Å²) in [6, 6.07) is 4.37. The molecule has 1 saturated heterocycles. The summed E-state index contributed by atoms with van der Waals surface area (Å²) in [6.45, 7) is 4.64. The average Bonchev–Trinajstić information content (AvgIpc) is 2.78. The van der Waals surface area contributed by atoms with E-state index in [0.29, 0.717) is 32.7 Å². The van der Waals surface area contributed by atoms with Crippen molar-refractivity contribution in [3.05, 3.63) is 23.4 Å². The highest BCUT2D eigenvalue weighted by Crippen LogP contribution is 2.20. The van der Waals surface area contributed by atoms with Gasteiger partial charge in [0.25, 0.3) is 0 Å². The molecule has 0 spiro atoms. The Kier molecular flexibility index (Phi) is 9.55. The Morgan fingerprint density at radius 2 is 2.06 bits per heavy atom. The van der Waals surface area contributed by atoms with Crippen LogP contribution in [0.15, 0.2) is 12.1 Å². The number of nitrogens with one attached hydrogen (secondary N) is 1. The highest BCUT2D eigenvalue weighted by molar-refractivity contribution is 5.83. The summed E-state index contributed by atoms with van der Waals surface area (Å²) in [5, 5.41) is 3.39. The third kappa shape index (κ3) is 7.78. The van der Waals surface area contributed by atoms with Crippen LogP contribution in [0.4, 0.5) is 5.82 Å². The van der Waals surface area contributed by atoms with Crippen molar-refractivity contribution in [2.45, 2.75) is 44.9 Å². The Morgan fingerprint density at radius 3 is 2.90 bits per heavy atom. The minimum absolute atomic E-state index is 0.00542. The van der Waals surface area contributed by atoms with Crippen LogP contribution in [-0.4, -0.2) is 86.3 Å². The molecule has 3 rings (SSSR count). The maximum atomic E-state index is 12.4. The molecule has 2 aliphatic rings. The molecule has 0 unspecified atom stereocenters. The SMILES string of the molecule is COCCCOC(=O)CN1CCN(CCCCCc2ccc3c(n2)NCCC3)CC1=O. The number of pyridine rings is 1. The summed E-state index contributed by atoms with van der Waals surface area (Å²) in [7, 11) is 1.62. The number of hydrogen-bond donors (Lipinski definition) is 1. The topological polar surface area (TPSA) is 84.0 Å². The molecule has 172 valence electrons. The summed E-state index contributed by atoms with van der Waals surface area (Å²) in [4.78, 5) is 32.8. The highest BCUT2D eigenvalue weighted by atomic mass is 16.5. The number of hydrogen-bond acceptors (Lipinski definition) is 7. The molecule has 1 amide bonds. The number of methoxy groups -OCH3 is 1. The highest BCUT2D eigenvalue weighted by Gasteiger charge is 2.25. The fraction of sp³-hybridized carbons (Fsp3) is 0.696. The van der Waals surface area contributed by atoms with Crippen LogP contribution in [0.1, 0.15) is 43.4 Å². The van der Waals surface area contributed by atoms with Gasteiger partial charge in [0.2, 0.25) is 5.91 Å². The third-order valence-electron chi connectivity index (χ3n) is 5.83. The number of unbranched alkanes of at least 4 members (excludes halogenated alkanes) is 2. The fourth-order valence-electron chi connectivity index (χ4n) is 4.03. The molecule has 1 N–H and O–H groups in total. The number of carbonyl (C=O) groups excluding carboxylic acids is 2. The Hall–Kier alpha value is -2.19. The van der Waals surface area contributed by atoms with Gasteiger partial charge < -0.3 is 19.7 Å². The second-order valence-electron chi connectivity index (χ2n) is 8.31. The monoisotopic (exact) mass is 432 g/mol.